The number of anilines is 1. The summed E-state index contributed by atoms with van der Waals surface area (Å²) in [5.74, 6) is 0.501. The van der Waals surface area contributed by atoms with Crippen molar-refractivity contribution in [2.24, 2.45) is 0 Å². The van der Waals surface area contributed by atoms with E-state index in [9.17, 15) is 0 Å². The number of nitrogen functional groups attached to an aromatic ring is 1. The maximum Gasteiger partial charge on any atom is 0.320 e. The van der Waals surface area contributed by atoms with Crippen LogP contribution in [0.2, 0.25) is 0 Å². The van der Waals surface area contributed by atoms with E-state index < -0.39 is 5.60 Å². The number of benzene rings is 1. The summed E-state index contributed by atoms with van der Waals surface area (Å²) >= 11 is 0. The molecule has 0 spiro atoms. The molecule has 0 bridgehead atoms. The molecule has 5 nitrogen and oxygen atoms in total. The lowest BCUT2D eigenvalue weighted by molar-refractivity contribution is 0.103. The van der Waals surface area contributed by atoms with Gasteiger partial charge in [-0.25, -0.2) is 4.98 Å². The molecule has 0 radical (unpaired) electrons. The first kappa shape index (κ1) is 21.0. The fourth-order valence-electron chi connectivity index (χ4n) is 2.61. The molecule has 0 aliphatic carbocycles. The van der Waals surface area contributed by atoms with Crippen molar-refractivity contribution in [2.45, 2.75) is 78.9 Å². The van der Waals surface area contributed by atoms with E-state index in [0.717, 1.165) is 22.4 Å². The fourth-order valence-corrected chi connectivity index (χ4v) is 2.61. The Bertz CT molecular complexity index is 810. The predicted molar refractivity (Wildman–Crippen MR) is 111 cm³/mol. The van der Waals surface area contributed by atoms with Gasteiger partial charge in [-0.15, -0.1) is 0 Å². The molecule has 1 heterocycles. The molecule has 0 unspecified atom stereocenters. The molecule has 2 aromatic rings. The van der Waals surface area contributed by atoms with Crippen molar-refractivity contribution < 1.29 is 9.47 Å². The Kier molecular flexibility index (Phi) is 5.46. The van der Waals surface area contributed by atoms with Crippen molar-refractivity contribution >= 4 is 5.69 Å². The second-order valence-corrected chi connectivity index (χ2v) is 9.85. The minimum atomic E-state index is -0.400. The first-order valence-electron chi connectivity index (χ1n) is 9.31. The lowest BCUT2D eigenvalue weighted by Crippen LogP contribution is -2.26. The molecule has 2 rings (SSSR count). The molecule has 5 heteroatoms. The van der Waals surface area contributed by atoms with E-state index in [1.165, 1.54) is 0 Å². The van der Waals surface area contributed by atoms with Gasteiger partial charge >= 0.3 is 6.01 Å². The zero-order chi connectivity index (χ0) is 20.6. The van der Waals surface area contributed by atoms with Crippen LogP contribution < -0.4 is 15.2 Å². The van der Waals surface area contributed by atoms with Gasteiger partial charge in [-0.1, -0.05) is 26.8 Å². The van der Waals surface area contributed by atoms with Gasteiger partial charge in [0.15, 0.2) is 0 Å². The van der Waals surface area contributed by atoms with Gasteiger partial charge in [0.2, 0.25) is 5.88 Å². The molecular weight excluding hydrogens is 338 g/mol. The minimum absolute atomic E-state index is 0.0682. The molecule has 0 aliphatic rings. The van der Waals surface area contributed by atoms with Gasteiger partial charge in [0, 0.05) is 11.9 Å². The maximum absolute atomic E-state index is 6.20. The highest BCUT2D eigenvalue weighted by Gasteiger charge is 2.23. The van der Waals surface area contributed by atoms with Crippen LogP contribution in [0.3, 0.4) is 0 Å². The molecule has 0 amide bonds. The first-order chi connectivity index (χ1) is 12.2. The Morgan fingerprint density at radius 2 is 1.44 bits per heavy atom. The number of rotatable bonds is 3. The first-order valence-corrected chi connectivity index (χ1v) is 9.31. The van der Waals surface area contributed by atoms with Crippen molar-refractivity contribution in [1.82, 2.24) is 9.97 Å². The van der Waals surface area contributed by atoms with Gasteiger partial charge < -0.3 is 15.2 Å². The Morgan fingerprint density at radius 3 is 1.96 bits per heavy atom. The highest BCUT2D eigenvalue weighted by atomic mass is 16.5. The van der Waals surface area contributed by atoms with E-state index in [1.54, 1.807) is 6.20 Å². The molecule has 27 heavy (non-hydrogen) atoms. The topological polar surface area (TPSA) is 70.3 Å². The second kappa shape index (κ2) is 7.02. The SMILES string of the molecule is CC(C)(C)Oc1ncc(-c2ccc(N)c(C(C)(C)C)c2)c(OC(C)(C)C)n1. The van der Waals surface area contributed by atoms with E-state index in [-0.39, 0.29) is 11.0 Å². The van der Waals surface area contributed by atoms with Crippen molar-refractivity contribution in [1.29, 1.82) is 0 Å². The standard InChI is InChI=1S/C22H33N3O2/c1-20(2,3)16-12-14(10-11-17(16)23)15-13-24-19(27-22(7,8)9)25-18(15)26-21(4,5)6/h10-13H,23H2,1-9H3. The van der Waals surface area contributed by atoms with Crippen molar-refractivity contribution in [3.63, 3.8) is 0 Å². The average molecular weight is 372 g/mol. The van der Waals surface area contributed by atoms with Gasteiger partial charge in [0.1, 0.15) is 11.2 Å². The number of nitrogens with zero attached hydrogens (tertiary/aromatic N) is 2. The third kappa shape index (κ3) is 5.84. The molecule has 0 atom stereocenters. The molecule has 1 aromatic heterocycles. The van der Waals surface area contributed by atoms with Gasteiger partial charge in [-0.2, -0.15) is 4.98 Å². The quantitative estimate of drug-likeness (QED) is 0.734. The Hall–Kier alpha value is -2.30. The summed E-state index contributed by atoms with van der Waals surface area (Å²) in [6, 6.07) is 6.30. The summed E-state index contributed by atoms with van der Waals surface area (Å²) in [5.41, 5.74) is 8.99. The van der Waals surface area contributed by atoms with Crippen LogP contribution in [-0.4, -0.2) is 21.2 Å². The number of hydrogen-bond donors (Lipinski definition) is 1. The van der Waals surface area contributed by atoms with Gasteiger partial charge in [-0.05, 0) is 70.2 Å². The number of hydrogen-bond acceptors (Lipinski definition) is 5. The third-order valence-corrected chi connectivity index (χ3v) is 3.70. The van der Waals surface area contributed by atoms with Crippen LogP contribution in [0.5, 0.6) is 11.9 Å². The Morgan fingerprint density at radius 1 is 0.852 bits per heavy atom. The molecule has 0 saturated heterocycles. The normalized spacial score (nSPS) is 12.8. The highest BCUT2D eigenvalue weighted by Crippen LogP contribution is 2.36. The smallest absolute Gasteiger partial charge is 0.320 e. The van der Waals surface area contributed by atoms with E-state index >= 15 is 0 Å². The van der Waals surface area contributed by atoms with Crippen molar-refractivity contribution in [3.05, 3.63) is 30.0 Å². The van der Waals surface area contributed by atoms with Gasteiger partial charge in [-0.3, -0.25) is 0 Å². The summed E-state index contributed by atoms with van der Waals surface area (Å²) < 4.78 is 12.0. The van der Waals surface area contributed by atoms with Crippen LogP contribution >= 0.6 is 0 Å². The zero-order valence-corrected chi connectivity index (χ0v) is 18.1. The largest absolute Gasteiger partial charge is 0.471 e. The fraction of sp³-hybridized carbons (Fsp3) is 0.545. The molecule has 0 fully saturated rings. The Balaban J connectivity index is 2.58. The zero-order valence-electron chi connectivity index (χ0n) is 18.1. The van der Waals surface area contributed by atoms with E-state index in [0.29, 0.717) is 11.9 Å². The number of ether oxygens (including phenoxy) is 2. The molecule has 2 N–H and O–H groups in total. The molecule has 1 aromatic carbocycles. The summed E-state index contributed by atoms with van der Waals surface area (Å²) in [6.45, 7) is 18.3. The third-order valence-electron chi connectivity index (χ3n) is 3.70. The second-order valence-electron chi connectivity index (χ2n) is 9.85. The van der Waals surface area contributed by atoms with Crippen LogP contribution in [0.25, 0.3) is 11.1 Å². The van der Waals surface area contributed by atoms with Gasteiger partial charge in [0.05, 0.1) is 5.56 Å². The molecule has 0 aliphatic heterocycles. The van der Waals surface area contributed by atoms with E-state index in [4.69, 9.17) is 15.2 Å². The van der Waals surface area contributed by atoms with Crippen LogP contribution in [0.4, 0.5) is 5.69 Å². The highest BCUT2D eigenvalue weighted by molar-refractivity contribution is 5.72. The summed E-state index contributed by atoms with van der Waals surface area (Å²) in [6.07, 6.45) is 1.76. The monoisotopic (exact) mass is 371 g/mol. The lowest BCUT2D eigenvalue weighted by atomic mass is 9.84. The minimum Gasteiger partial charge on any atom is -0.471 e. The van der Waals surface area contributed by atoms with Crippen LogP contribution in [0.1, 0.15) is 67.9 Å². The predicted octanol–water partition coefficient (Wildman–Crippen LogP) is 5.38. The van der Waals surface area contributed by atoms with Gasteiger partial charge in [0.25, 0.3) is 0 Å². The molecule has 148 valence electrons. The van der Waals surface area contributed by atoms with Crippen LogP contribution in [0, 0.1) is 0 Å². The van der Waals surface area contributed by atoms with Crippen molar-refractivity contribution in [3.8, 4) is 23.0 Å². The van der Waals surface area contributed by atoms with E-state index in [2.05, 4.69) is 36.8 Å². The van der Waals surface area contributed by atoms with Crippen LogP contribution in [0.15, 0.2) is 24.4 Å². The lowest BCUT2D eigenvalue weighted by Gasteiger charge is -2.25. The van der Waals surface area contributed by atoms with E-state index in [1.807, 2.05) is 53.7 Å². The number of nitrogens with two attached hydrogens (primary N) is 1. The maximum atomic E-state index is 6.20. The molecular formula is C22H33N3O2. The summed E-state index contributed by atoms with van der Waals surface area (Å²) in [7, 11) is 0. The van der Waals surface area contributed by atoms with Crippen LogP contribution in [-0.2, 0) is 5.41 Å². The number of aromatic nitrogens is 2. The summed E-state index contributed by atoms with van der Waals surface area (Å²) in [4.78, 5) is 8.95. The Labute approximate surface area is 163 Å². The van der Waals surface area contributed by atoms with Crippen molar-refractivity contribution in [2.75, 3.05) is 5.73 Å². The average Bonchev–Trinajstić information content (AvgIpc) is 2.44. The molecule has 0 saturated carbocycles. The summed E-state index contributed by atoms with van der Waals surface area (Å²) in [5, 5.41) is 0.